The Balaban J connectivity index is 1.69. The largest absolute Gasteiger partial charge is 0.334 e. The van der Waals surface area contributed by atoms with Crippen LogP contribution in [0.5, 0.6) is 0 Å². The van der Waals surface area contributed by atoms with Gasteiger partial charge in [-0.3, -0.25) is 0 Å². The molecule has 0 spiro atoms. The second-order valence-corrected chi connectivity index (χ2v) is 9.08. The van der Waals surface area contributed by atoms with Crippen molar-refractivity contribution in [2.24, 2.45) is 0 Å². The van der Waals surface area contributed by atoms with Crippen LogP contribution in [-0.4, -0.2) is 6.04 Å². The molecule has 0 aliphatic heterocycles. The van der Waals surface area contributed by atoms with Crippen LogP contribution in [0.25, 0.3) is 33.4 Å². The van der Waals surface area contributed by atoms with Crippen LogP contribution in [0.1, 0.15) is 13.8 Å². The summed E-state index contributed by atoms with van der Waals surface area (Å²) in [7, 11) is 0. The van der Waals surface area contributed by atoms with E-state index in [-0.39, 0.29) is 17.7 Å². The smallest absolute Gasteiger partial charge is 0.154 e. The lowest BCUT2D eigenvalue weighted by Crippen LogP contribution is -2.27. The fourth-order valence-corrected chi connectivity index (χ4v) is 4.60. The molecule has 0 heterocycles. The molecule has 5 aromatic rings. The first kappa shape index (κ1) is 23.5. The van der Waals surface area contributed by atoms with Crippen LogP contribution in [-0.2, 0) is 0 Å². The van der Waals surface area contributed by atoms with E-state index in [1.54, 1.807) is 23.1 Å². The summed E-state index contributed by atoms with van der Waals surface area (Å²) in [5.41, 5.74) is 6.03. The summed E-state index contributed by atoms with van der Waals surface area (Å²) >= 11 is 0. The number of rotatable bonds is 6. The molecule has 5 aromatic carbocycles. The SMILES string of the molecule is CC(C)N(c1ccccc1F)c1cc(-c2ccc(-c3ccccc3)cc2)cc(-c2ccccc2)c1F. The number of halogens is 2. The van der Waals surface area contributed by atoms with E-state index in [2.05, 4.69) is 36.4 Å². The van der Waals surface area contributed by atoms with Gasteiger partial charge in [-0.1, -0.05) is 97.1 Å². The van der Waals surface area contributed by atoms with E-state index in [9.17, 15) is 4.39 Å². The Morgan fingerprint density at radius 1 is 0.500 bits per heavy atom. The van der Waals surface area contributed by atoms with Gasteiger partial charge in [-0.2, -0.15) is 0 Å². The average Bonchev–Trinajstić information content (AvgIpc) is 2.92. The van der Waals surface area contributed by atoms with Crippen molar-refractivity contribution < 1.29 is 8.78 Å². The van der Waals surface area contributed by atoms with Crippen molar-refractivity contribution in [1.29, 1.82) is 0 Å². The van der Waals surface area contributed by atoms with Gasteiger partial charge in [0.15, 0.2) is 5.82 Å². The normalized spacial score (nSPS) is 11.0. The predicted molar refractivity (Wildman–Crippen MR) is 146 cm³/mol. The molecule has 0 atom stereocenters. The number of hydrogen-bond acceptors (Lipinski definition) is 1. The van der Waals surface area contributed by atoms with Gasteiger partial charge in [-0.05, 0) is 65.9 Å². The molecule has 0 saturated carbocycles. The van der Waals surface area contributed by atoms with Gasteiger partial charge in [-0.25, -0.2) is 8.78 Å². The minimum atomic E-state index is -0.385. The zero-order valence-corrected chi connectivity index (χ0v) is 20.3. The molecular formula is C33H27F2N. The summed E-state index contributed by atoms with van der Waals surface area (Å²) in [5.74, 6) is -0.757. The molecule has 0 fully saturated rings. The van der Waals surface area contributed by atoms with Gasteiger partial charge in [0.1, 0.15) is 5.82 Å². The molecule has 0 aliphatic rings. The highest BCUT2D eigenvalue weighted by molar-refractivity contribution is 5.82. The summed E-state index contributed by atoms with van der Waals surface area (Å²) in [6, 6.07) is 38.0. The number of nitrogens with zero attached hydrogens (tertiary/aromatic N) is 1. The molecule has 0 unspecified atom stereocenters. The van der Waals surface area contributed by atoms with Crippen LogP contribution >= 0.6 is 0 Å². The minimum absolute atomic E-state index is 0.171. The molecule has 178 valence electrons. The van der Waals surface area contributed by atoms with E-state index < -0.39 is 0 Å². The first-order valence-electron chi connectivity index (χ1n) is 12.1. The quantitative estimate of drug-likeness (QED) is 0.236. The van der Waals surface area contributed by atoms with Gasteiger partial charge < -0.3 is 4.90 Å². The van der Waals surface area contributed by atoms with Crippen molar-refractivity contribution in [3.05, 3.63) is 133 Å². The third kappa shape index (κ3) is 4.65. The second kappa shape index (κ2) is 10.2. The second-order valence-electron chi connectivity index (χ2n) is 9.08. The fourth-order valence-electron chi connectivity index (χ4n) is 4.60. The predicted octanol–water partition coefficient (Wildman–Crippen LogP) is 9.51. The number of benzene rings is 5. The molecule has 0 aromatic heterocycles. The molecule has 5 rings (SSSR count). The first-order valence-corrected chi connectivity index (χ1v) is 12.1. The first-order chi connectivity index (χ1) is 17.5. The third-order valence-corrected chi connectivity index (χ3v) is 6.35. The summed E-state index contributed by atoms with van der Waals surface area (Å²) < 4.78 is 31.1. The minimum Gasteiger partial charge on any atom is -0.334 e. The van der Waals surface area contributed by atoms with Crippen LogP contribution < -0.4 is 4.90 Å². The van der Waals surface area contributed by atoms with Crippen LogP contribution in [0.3, 0.4) is 0 Å². The summed E-state index contributed by atoms with van der Waals surface area (Å²) in [5, 5.41) is 0. The maximum absolute atomic E-state index is 16.2. The number of anilines is 2. The van der Waals surface area contributed by atoms with Crippen LogP contribution in [0, 0.1) is 11.6 Å². The monoisotopic (exact) mass is 475 g/mol. The van der Waals surface area contributed by atoms with Crippen molar-refractivity contribution in [2.45, 2.75) is 19.9 Å². The van der Waals surface area contributed by atoms with E-state index in [1.807, 2.05) is 74.5 Å². The number of para-hydroxylation sites is 1. The van der Waals surface area contributed by atoms with E-state index in [1.165, 1.54) is 6.07 Å². The lowest BCUT2D eigenvalue weighted by Gasteiger charge is -2.31. The zero-order chi connectivity index (χ0) is 25.1. The van der Waals surface area contributed by atoms with Crippen molar-refractivity contribution >= 4 is 11.4 Å². The lowest BCUT2D eigenvalue weighted by molar-refractivity contribution is 0.604. The Hall–Kier alpha value is -4.24. The van der Waals surface area contributed by atoms with Crippen LogP contribution in [0.15, 0.2) is 121 Å². The summed E-state index contributed by atoms with van der Waals surface area (Å²) in [6.45, 7) is 3.88. The van der Waals surface area contributed by atoms with E-state index in [4.69, 9.17) is 0 Å². The molecule has 0 aliphatic carbocycles. The molecule has 36 heavy (non-hydrogen) atoms. The van der Waals surface area contributed by atoms with Crippen molar-refractivity contribution in [1.82, 2.24) is 0 Å². The standard InChI is InChI=1S/C33H27F2N/c1-23(2)36(31-16-10-9-15-30(31)34)32-22-28(21-29(33(32)35)27-13-7-4-8-14-27)26-19-17-25(18-20-26)24-11-5-3-6-12-24/h3-23H,1-2H3. The Bertz CT molecular complexity index is 1460. The van der Waals surface area contributed by atoms with Crippen molar-refractivity contribution in [2.75, 3.05) is 4.90 Å². The molecule has 0 bridgehead atoms. The Labute approximate surface area is 211 Å². The van der Waals surface area contributed by atoms with Crippen molar-refractivity contribution in [3.8, 4) is 33.4 Å². The molecular weight excluding hydrogens is 448 g/mol. The highest BCUT2D eigenvalue weighted by Gasteiger charge is 2.23. The average molecular weight is 476 g/mol. The summed E-state index contributed by atoms with van der Waals surface area (Å²) in [4.78, 5) is 1.74. The Morgan fingerprint density at radius 2 is 1.00 bits per heavy atom. The maximum atomic E-state index is 16.2. The van der Waals surface area contributed by atoms with Gasteiger partial charge in [0, 0.05) is 11.6 Å². The van der Waals surface area contributed by atoms with Crippen LogP contribution in [0.2, 0.25) is 0 Å². The van der Waals surface area contributed by atoms with E-state index >= 15 is 4.39 Å². The molecule has 0 saturated heterocycles. The molecule has 1 nitrogen and oxygen atoms in total. The summed E-state index contributed by atoms with van der Waals surface area (Å²) in [6.07, 6.45) is 0. The van der Waals surface area contributed by atoms with E-state index in [0.29, 0.717) is 16.9 Å². The molecule has 0 N–H and O–H groups in total. The molecule has 3 heteroatoms. The molecule has 0 amide bonds. The molecule has 0 radical (unpaired) electrons. The number of hydrogen-bond donors (Lipinski definition) is 0. The zero-order valence-electron chi connectivity index (χ0n) is 20.3. The highest BCUT2D eigenvalue weighted by atomic mass is 19.1. The van der Waals surface area contributed by atoms with Gasteiger partial charge in [0.05, 0.1) is 11.4 Å². The van der Waals surface area contributed by atoms with Crippen molar-refractivity contribution in [3.63, 3.8) is 0 Å². The van der Waals surface area contributed by atoms with Gasteiger partial charge in [0.2, 0.25) is 0 Å². The van der Waals surface area contributed by atoms with E-state index in [0.717, 1.165) is 27.8 Å². The topological polar surface area (TPSA) is 3.24 Å². The fraction of sp³-hybridized carbons (Fsp3) is 0.0909. The third-order valence-electron chi connectivity index (χ3n) is 6.35. The van der Waals surface area contributed by atoms with Gasteiger partial charge in [0.25, 0.3) is 0 Å². The van der Waals surface area contributed by atoms with Crippen LogP contribution in [0.4, 0.5) is 20.2 Å². The van der Waals surface area contributed by atoms with Gasteiger partial charge in [-0.15, -0.1) is 0 Å². The highest BCUT2D eigenvalue weighted by Crippen LogP contribution is 2.40. The Morgan fingerprint density at radius 3 is 1.58 bits per heavy atom. The maximum Gasteiger partial charge on any atom is 0.154 e. The van der Waals surface area contributed by atoms with Gasteiger partial charge >= 0.3 is 0 Å². The lowest BCUT2D eigenvalue weighted by atomic mass is 9.95. The Kier molecular flexibility index (Phi) is 6.64.